The number of imidazole rings is 1. The van der Waals surface area contributed by atoms with E-state index in [9.17, 15) is 9.65 Å². The zero-order valence-electron chi connectivity index (χ0n) is 13.9. The number of nitrogens with zero attached hydrogens (tertiary/aromatic N) is 3. The van der Waals surface area contributed by atoms with Crippen LogP contribution < -0.4 is 4.74 Å². The Morgan fingerprint density at radius 3 is 2.69 bits per heavy atom. The van der Waals surface area contributed by atoms with Crippen molar-refractivity contribution in [1.29, 1.82) is 5.26 Å². The van der Waals surface area contributed by atoms with Crippen LogP contribution in [0.1, 0.15) is 5.69 Å². The summed E-state index contributed by atoms with van der Waals surface area (Å²) in [6, 6.07) is 16.1. The van der Waals surface area contributed by atoms with Crippen molar-refractivity contribution in [2.75, 3.05) is 7.11 Å². The molecule has 26 heavy (non-hydrogen) atoms. The fourth-order valence-electron chi connectivity index (χ4n) is 3.04. The van der Waals surface area contributed by atoms with Crippen LogP contribution in [-0.4, -0.2) is 16.5 Å². The molecule has 0 spiro atoms. The first-order chi connectivity index (χ1) is 12.7. The standard InChI is InChI=1S/C20H14FN3OS/c1-25-18-5-3-2-4-15(18)17-12-26-20-23-19(16(10-11-22)24(17)20)13-6-8-14(21)9-7-13/h2-9,12H,10H2,1H3. The molecular weight excluding hydrogens is 349 g/mol. The van der Waals surface area contributed by atoms with Crippen LogP contribution in [0.25, 0.3) is 27.5 Å². The molecule has 0 unspecified atom stereocenters. The van der Waals surface area contributed by atoms with Gasteiger partial charge in [-0.05, 0) is 36.4 Å². The Labute approximate surface area is 153 Å². The number of para-hydroxylation sites is 1. The Hall–Kier alpha value is -3.17. The van der Waals surface area contributed by atoms with Crippen molar-refractivity contribution in [2.24, 2.45) is 0 Å². The molecule has 6 heteroatoms. The van der Waals surface area contributed by atoms with Gasteiger partial charge in [0, 0.05) is 16.5 Å². The highest BCUT2D eigenvalue weighted by atomic mass is 32.1. The lowest BCUT2D eigenvalue weighted by Gasteiger charge is -2.09. The fraction of sp³-hybridized carbons (Fsp3) is 0.100. The van der Waals surface area contributed by atoms with Gasteiger partial charge in [-0.3, -0.25) is 4.40 Å². The van der Waals surface area contributed by atoms with E-state index in [1.54, 1.807) is 19.2 Å². The van der Waals surface area contributed by atoms with Gasteiger partial charge in [-0.25, -0.2) is 9.37 Å². The first-order valence-electron chi connectivity index (χ1n) is 7.98. The van der Waals surface area contributed by atoms with E-state index in [2.05, 4.69) is 6.07 Å². The van der Waals surface area contributed by atoms with E-state index in [0.717, 1.165) is 33.2 Å². The van der Waals surface area contributed by atoms with Crippen molar-refractivity contribution in [1.82, 2.24) is 9.38 Å². The number of rotatable bonds is 4. The number of methoxy groups -OCH3 is 1. The summed E-state index contributed by atoms with van der Waals surface area (Å²) < 4.78 is 20.8. The second kappa shape index (κ2) is 6.62. The smallest absolute Gasteiger partial charge is 0.195 e. The van der Waals surface area contributed by atoms with E-state index in [0.29, 0.717) is 5.69 Å². The predicted octanol–water partition coefficient (Wildman–Crippen LogP) is 4.94. The summed E-state index contributed by atoms with van der Waals surface area (Å²) in [4.78, 5) is 5.49. The lowest BCUT2D eigenvalue weighted by atomic mass is 10.1. The summed E-state index contributed by atoms with van der Waals surface area (Å²) in [6.45, 7) is 0. The van der Waals surface area contributed by atoms with Crippen LogP contribution in [0.3, 0.4) is 0 Å². The van der Waals surface area contributed by atoms with Crippen molar-refractivity contribution in [2.45, 2.75) is 6.42 Å². The molecule has 2 aromatic heterocycles. The van der Waals surface area contributed by atoms with Gasteiger partial charge in [0.2, 0.25) is 0 Å². The molecule has 4 aromatic rings. The Bertz CT molecular complexity index is 1120. The van der Waals surface area contributed by atoms with Crippen molar-refractivity contribution in [3.05, 3.63) is 65.4 Å². The number of aromatic nitrogens is 2. The molecule has 0 aliphatic carbocycles. The number of hydrogen-bond acceptors (Lipinski definition) is 4. The second-order valence-electron chi connectivity index (χ2n) is 5.69. The average Bonchev–Trinajstić information content (AvgIpc) is 3.23. The van der Waals surface area contributed by atoms with Crippen LogP contribution in [0, 0.1) is 17.1 Å². The predicted molar refractivity (Wildman–Crippen MR) is 99.8 cm³/mol. The molecule has 2 heterocycles. The fourth-order valence-corrected chi connectivity index (χ4v) is 3.94. The van der Waals surface area contributed by atoms with E-state index in [1.807, 2.05) is 34.0 Å². The highest BCUT2D eigenvalue weighted by molar-refractivity contribution is 7.15. The maximum atomic E-state index is 13.3. The van der Waals surface area contributed by atoms with Crippen molar-refractivity contribution in [3.8, 4) is 34.3 Å². The zero-order valence-corrected chi connectivity index (χ0v) is 14.8. The second-order valence-corrected chi connectivity index (χ2v) is 6.52. The summed E-state index contributed by atoms with van der Waals surface area (Å²) in [5.41, 5.74) is 4.14. The third-order valence-corrected chi connectivity index (χ3v) is 5.03. The van der Waals surface area contributed by atoms with Gasteiger partial charge in [-0.2, -0.15) is 5.26 Å². The van der Waals surface area contributed by atoms with Gasteiger partial charge < -0.3 is 4.74 Å². The molecule has 0 aliphatic heterocycles. The van der Waals surface area contributed by atoms with E-state index in [4.69, 9.17) is 9.72 Å². The summed E-state index contributed by atoms with van der Waals surface area (Å²) in [6.07, 6.45) is 0.201. The molecule has 2 aromatic carbocycles. The monoisotopic (exact) mass is 363 g/mol. The topological polar surface area (TPSA) is 50.3 Å². The Balaban J connectivity index is 1.98. The molecule has 0 radical (unpaired) electrons. The van der Waals surface area contributed by atoms with Crippen LogP contribution in [0.15, 0.2) is 53.9 Å². The van der Waals surface area contributed by atoms with Gasteiger partial charge >= 0.3 is 0 Å². The highest BCUT2D eigenvalue weighted by Crippen LogP contribution is 2.36. The van der Waals surface area contributed by atoms with E-state index >= 15 is 0 Å². The van der Waals surface area contributed by atoms with Gasteiger partial charge in [-0.15, -0.1) is 11.3 Å². The molecule has 0 fully saturated rings. The summed E-state index contributed by atoms with van der Waals surface area (Å²) in [5.74, 6) is 0.457. The van der Waals surface area contributed by atoms with E-state index in [-0.39, 0.29) is 12.2 Å². The number of halogens is 1. The van der Waals surface area contributed by atoms with Crippen LogP contribution in [0.5, 0.6) is 5.75 Å². The van der Waals surface area contributed by atoms with Crippen molar-refractivity contribution in [3.63, 3.8) is 0 Å². The first-order valence-corrected chi connectivity index (χ1v) is 8.86. The van der Waals surface area contributed by atoms with Crippen LogP contribution in [0.4, 0.5) is 4.39 Å². The first kappa shape index (κ1) is 16.3. The molecule has 128 valence electrons. The number of fused-ring (bicyclic) bond motifs is 1. The third kappa shape index (κ3) is 2.63. The largest absolute Gasteiger partial charge is 0.496 e. The summed E-state index contributed by atoms with van der Waals surface area (Å²) in [7, 11) is 1.64. The molecular formula is C20H14FN3OS. The van der Waals surface area contributed by atoms with Crippen LogP contribution >= 0.6 is 11.3 Å². The summed E-state index contributed by atoms with van der Waals surface area (Å²) in [5, 5.41) is 11.3. The Kier molecular flexibility index (Phi) is 4.15. The molecule has 0 amide bonds. The summed E-state index contributed by atoms with van der Waals surface area (Å²) >= 11 is 1.50. The van der Waals surface area contributed by atoms with Crippen molar-refractivity contribution < 1.29 is 9.13 Å². The van der Waals surface area contributed by atoms with E-state index < -0.39 is 0 Å². The van der Waals surface area contributed by atoms with Gasteiger partial charge in [-0.1, -0.05) is 12.1 Å². The number of thiazole rings is 1. The van der Waals surface area contributed by atoms with Crippen molar-refractivity contribution >= 4 is 16.3 Å². The molecule has 0 saturated heterocycles. The normalized spacial score (nSPS) is 10.8. The number of benzene rings is 2. The maximum Gasteiger partial charge on any atom is 0.195 e. The lowest BCUT2D eigenvalue weighted by molar-refractivity contribution is 0.416. The minimum atomic E-state index is -0.300. The highest BCUT2D eigenvalue weighted by Gasteiger charge is 2.20. The number of ether oxygens (including phenoxy) is 1. The molecule has 4 nitrogen and oxygen atoms in total. The third-order valence-electron chi connectivity index (χ3n) is 4.21. The van der Waals surface area contributed by atoms with E-state index in [1.165, 1.54) is 23.5 Å². The molecule has 0 saturated carbocycles. The quantitative estimate of drug-likeness (QED) is 0.516. The minimum absolute atomic E-state index is 0.201. The molecule has 0 aliphatic rings. The lowest BCUT2D eigenvalue weighted by Crippen LogP contribution is -1.96. The molecule has 0 bridgehead atoms. The molecule has 0 atom stereocenters. The Morgan fingerprint density at radius 1 is 1.19 bits per heavy atom. The van der Waals surface area contributed by atoms with Gasteiger partial charge in [0.05, 0.1) is 36.7 Å². The number of nitriles is 1. The molecule has 4 rings (SSSR count). The zero-order chi connectivity index (χ0) is 18.1. The van der Waals surface area contributed by atoms with Gasteiger partial charge in [0.25, 0.3) is 0 Å². The maximum absolute atomic E-state index is 13.3. The molecule has 0 N–H and O–H groups in total. The Morgan fingerprint density at radius 2 is 1.96 bits per heavy atom. The average molecular weight is 363 g/mol. The van der Waals surface area contributed by atoms with Crippen LogP contribution in [0.2, 0.25) is 0 Å². The SMILES string of the molecule is COc1ccccc1-c1csc2nc(-c3ccc(F)cc3)c(CC#N)n12. The van der Waals surface area contributed by atoms with Gasteiger partial charge in [0.15, 0.2) is 4.96 Å². The van der Waals surface area contributed by atoms with Gasteiger partial charge in [0.1, 0.15) is 11.6 Å². The number of hydrogen-bond donors (Lipinski definition) is 0. The van der Waals surface area contributed by atoms with Crippen LogP contribution in [-0.2, 0) is 6.42 Å². The minimum Gasteiger partial charge on any atom is -0.496 e.